The second-order valence-corrected chi connectivity index (χ2v) is 9.60. The van der Waals surface area contributed by atoms with Crippen molar-refractivity contribution in [2.24, 2.45) is 0 Å². The molecule has 33 heavy (non-hydrogen) atoms. The lowest BCUT2D eigenvalue weighted by Crippen LogP contribution is -2.45. The van der Waals surface area contributed by atoms with Crippen molar-refractivity contribution in [3.8, 4) is 34.2 Å². The van der Waals surface area contributed by atoms with Gasteiger partial charge in [-0.3, -0.25) is 0 Å². The van der Waals surface area contributed by atoms with Crippen LogP contribution in [0.3, 0.4) is 0 Å². The average Bonchev–Trinajstić information content (AvgIpc) is 2.83. The number of hydrogen-bond donors (Lipinski definition) is 1. The van der Waals surface area contributed by atoms with Crippen molar-refractivity contribution in [1.82, 2.24) is 15.0 Å². The molecule has 4 aromatic rings. The van der Waals surface area contributed by atoms with Gasteiger partial charge in [-0.15, -0.1) is 0 Å². The summed E-state index contributed by atoms with van der Waals surface area (Å²) >= 11 is 1.25. The third kappa shape index (κ3) is 5.47. The zero-order valence-corrected chi connectivity index (χ0v) is 20.0. The number of hydrogen-bond acceptors (Lipinski definition) is 6. The van der Waals surface area contributed by atoms with Crippen molar-refractivity contribution in [3.05, 3.63) is 84.9 Å². The number of rotatable bonds is 7. The molecule has 0 radical (unpaired) electrons. The Morgan fingerprint density at radius 2 is 1.00 bits per heavy atom. The fourth-order valence-corrected chi connectivity index (χ4v) is 3.61. The third-order valence-corrected chi connectivity index (χ3v) is 6.60. The summed E-state index contributed by atoms with van der Waals surface area (Å²) in [5, 5.41) is 10.3. The van der Waals surface area contributed by atoms with E-state index in [1.807, 2.05) is 98.8 Å². The molecule has 0 aliphatic carbocycles. The number of nitrogens with zero attached hydrogens (tertiary/aromatic N) is 3. The van der Waals surface area contributed by atoms with Gasteiger partial charge in [0.1, 0.15) is 5.60 Å². The van der Waals surface area contributed by atoms with Crippen molar-refractivity contribution < 1.29 is 9.29 Å². The molecule has 0 amide bonds. The first-order valence-corrected chi connectivity index (χ1v) is 11.5. The van der Waals surface area contributed by atoms with Gasteiger partial charge < -0.3 is 9.29 Å². The van der Waals surface area contributed by atoms with Gasteiger partial charge in [0.15, 0.2) is 17.5 Å². The predicted molar refractivity (Wildman–Crippen MR) is 133 cm³/mol. The van der Waals surface area contributed by atoms with Crippen LogP contribution < -0.4 is 0 Å². The molecule has 0 unspecified atom stereocenters. The second-order valence-electron chi connectivity index (χ2n) is 8.80. The molecule has 0 aliphatic heterocycles. The van der Waals surface area contributed by atoms with Gasteiger partial charge in [0.25, 0.3) is 0 Å². The molecule has 1 aromatic heterocycles. The Morgan fingerprint density at radius 3 is 1.39 bits per heavy atom. The second kappa shape index (κ2) is 9.43. The molecule has 1 heterocycles. The summed E-state index contributed by atoms with van der Waals surface area (Å²) in [5.74, 6) is 1.87. The molecular weight excluding hydrogens is 430 g/mol. The summed E-state index contributed by atoms with van der Waals surface area (Å²) in [6.07, 6.45) is 0. The number of aliphatic hydroxyl groups is 1. The highest BCUT2D eigenvalue weighted by Gasteiger charge is 2.36. The van der Waals surface area contributed by atoms with E-state index in [4.69, 9.17) is 19.1 Å². The van der Waals surface area contributed by atoms with E-state index >= 15 is 0 Å². The van der Waals surface area contributed by atoms with E-state index < -0.39 is 11.2 Å². The van der Waals surface area contributed by atoms with Crippen LogP contribution in [0, 0.1) is 0 Å². The van der Waals surface area contributed by atoms with Crippen molar-refractivity contribution in [3.63, 3.8) is 0 Å². The van der Waals surface area contributed by atoms with Gasteiger partial charge in [-0.05, 0) is 52.0 Å². The van der Waals surface area contributed by atoms with Crippen LogP contribution in [0.25, 0.3) is 34.2 Å². The molecule has 0 saturated carbocycles. The molecule has 4 rings (SSSR count). The van der Waals surface area contributed by atoms with Crippen LogP contribution in [-0.4, -0.2) is 31.3 Å². The van der Waals surface area contributed by atoms with Gasteiger partial charge in [-0.2, -0.15) is 0 Å². The maximum atomic E-state index is 10.3. The maximum absolute atomic E-state index is 10.3. The Kier molecular flexibility index (Phi) is 6.61. The number of aromatic nitrogens is 3. The van der Waals surface area contributed by atoms with E-state index in [1.54, 1.807) is 13.8 Å². The lowest BCUT2D eigenvalue weighted by molar-refractivity contribution is -0.0813. The molecule has 0 bridgehead atoms. The van der Waals surface area contributed by atoms with Crippen LogP contribution in [0.15, 0.2) is 89.8 Å². The monoisotopic (exact) mass is 457 g/mol. The summed E-state index contributed by atoms with van der Waals surface area (Å²) in [5.41, 5.74) is 1.09. The number of benzene rings is 3. The van der Waals surface area contributed by atoms with Crippen LogP contribution in [0.1, 0.15) is 27.7 Å². The van der Waals surface area contributed by atoms with Crippen LogP contribution in [0.5, 0.6) is 0 Å². The molecule has 168 valence electrons. The van der Waals surface area contributed by atoms with Crippen molar-refractivity contribution in [2.45, 2.75) is 43.8 Å². The van der Waals surface area contributed by atoms with E-state index in [0.717, 1.165) is 21.6 Å². The Labute approximate surface area is 199 Å². The van der Waals surface area contributed by atoms with Crippen molar-refractivity contribution in [1.29, 1.82) is 0 Å². The highest BCUT2D eigenvalue weighted by Crippen LogP contribution is 2.34. The smallest absolute Gasteiger partial charge is 0.164 e. The maximum Gasteiger partial charge on any atom is 0.164 e. The van der Waals surface area contributed by atoms with E-state index in [2.05, 4.69) is 0 Å². The molecule has 0 fully saturated rings. The van der Waals surface area contributed by atoms with Gasteiger partial charge >= 0.3 is 0 Å². The standard InChI is InChI=1S/C27H27N3O2S/c1-26(2,31)27(3,4)32-33-22-17-15-21(16-18-22)25-29-23(19-11-7-5-8-12-19)28-24(30-25)20-13-9-6-10-14-20/h5-18,31H,1-4H3. The normalized spacial score (nSPS) is 12.0. The van der Waals surface area contributed by atoms with Gasteiger partial charge in [0, 0.05) is 33.6 Å². The lowest BCUT2D eigenvalue weighted by Gasteiger charge is -2.35. The summed E-state index contributed by atoms with van der Waals surface area (Å²) < 4.78 is 5.90. The van der Waals surface area contributed by atoms with Gasteiger partial charge in [-0.1, -0.05) is 60.7 Å². The first-order chi connectivity index (χ1) is 15.7. The zero-order valence-electron chi connectivity index (χ0n) is 19.2. The minimum atomic E-state index is -0.966. The summed E-state index contributed by atoms with van der Waals surface area (Å²) in [4.78, 5) is 15.2. The molecule has 6 heteroatoms. The average molecular weight is 458 g/mol. The topological polar surface area (TPSA) is 68.1 Å². The first kappa shape index (κ1) is 23.1. The van der Waals surface area contributed by atoms with Crippen LogP contribution in [0.2, 0.25) is 0 Å². The van der Waals surface area contributed by atoms with E-state index in [-0.39, 0.29) is 0 Å². The Morgan fingerprint density at radius 1 is 0.606 bits per heavy atom. The van der Waals surface area contributed by atoms with E-state index in [0.29, 0.717) is 17.5 Å². The summed E-state index contributed by atoms with van der Waals surface area (Å²) in [6.45, 7) is 7.23. The van der Waals surface area contributed by atoms with Crippen LogP contribution in [-0.2, 0) is 4.18 Å². The molecule has 0 aliphatic rings. The molecular formula is C27H27N3O2S. The molecule has 0 saturated heterocycles. The largest absolute Gasteiger partial charge is 0.387 e. The molecule has 3 aromatic carbocycles. The van der Waals surface area contributed by atoms with Crippen LogP contribution >= 0.6 is 12.0 Å². The quantitative estimate of drug-likeness (QED) is 0.322. The Balaban J connectivity index is 1.65. The van der Waals surface area contributed by atoms with Gasteiger partial charge in [-0.25, -0.2) is 15.0 Å². The Bertz CT molecular complexity index is 1150. The third-order valence-electron chi connectivity index (χ3n) is 5.63. The zero-order chi connectivity index (χ0) is 23.5. The highest BCUT2D eigenvalue weighted by molar-refractivity contribution is 7.94. The van der Waals surface area contributed by atoms with Crippen LogP contribution in [0.4, 0.5) is 0 Å². The SMILES string of the molecule is CC(C)(O)C(C)(C)OSc1ccc(-c2nc(-c3ccccc3)nc(-c3ccccc3)n2)cc1. The predicted octanol–water partition coefficient (Wildman–Crippen LogP) is 6.45. The molecule has 5 nitrogen and oxygen atoms in total. The summed E-state index contributed by atoms with van der Waals surface area (Å²) in [7, 11) is 0. The van der Waals surface area contributed by atoms with Gasteiger partial charge in [0.05, 0.1) is 5.60 Å². The fourth-order valence-electron chi connectivity index (χ4n) is 2.85. The minimum absolute atomic E-state index is 0.608. The highest BCUT2D eigenvalue weighted by atomic mass is 32.2. The lowest BCUT2D eigenvalue weighted by atomic mass is 9.90. The van der Waals surface area contributed by atoms with Crippen molar-refractivity contribution >= 4 is 12.0 Å². The van der Waals surface area contributed by atoms with Crippen molar-refractivity contribution in [2.75, 3.05) is 0 Å². The Hall–Kier alpha value is -3.06. The minimum Gasteiger partial charge on any atom is -0.387 e. The molecule has 0 spiro atoms. The molecule has 0 atom stereocenters. The molecule has 1 N–H and O–H groups in total. The van der Waals surface area contributed by atoms with Gasteiger partial charge in [0.2, 0.25) is 0 Å². The van der Waals surface area contributed by atoms with E-state index in [9.17, 15) is 5.11 Å². The first-order valence-electron chi connectivity index (χ1n) is 10.8. The van der Waals surface area contributed by atoms with E-state index in [1.165, 1.54) is 12.0 Å². The fraction of sp³-hybridized carbons (Fsp3) is 0.222. The summed E-state index contributed by atoms with van der Waals surface area (Å²) in [6, 6.07) is 27.7.